The molecule has 0 spiro atoms. The van der Waals surface area contributed by atoms with Crippen LogP contribution in [0.4, 0.5) is 0 Å². The number of carbonyl (C=O) groups excluding carboxylic acids is 2. The van der Waals surface area contributed by atoms with Gasteiger partial charge in [0.05, 0.1) is 33.8 Å². The smallest absolute Gasteiger partial charge is 0.306 e. The van der Waals surface area contributed by atoms with Gasteiger partial charge < -0.3 is 28.5 Å². The number of unbranched alkanes of at least 4 members (excludes halogenated alkanes) is 19. The Morgan fingerprint density at radius 2 is 0.890 bits per heavy atom. The minimum atomic E-state index is -4.72. The number of nitrogens with zero attached hydrogens (tertiary/aromatic N) is 1. The highest BCUT2D eigenvalue weighted by Gasteiger charge is 2.27. The lowest BCUT2D eigenvalue weighted by Gasteiger charge is -2.30. The van der Waals surface area contributed by atoms with E-state index < -0.39 is 32.5 Å². The minimum absolute atomic E-state index is 0.0408. The summed E-state index contributed by atoms with van der Waals surface area (Å²) in [6, 6.07) is -0.930. The van der Waals surface area contributed by atoms with Gasteiger partial charge in [-0.2, -0.15) is 0 Å². The van der Waals surface area contributed by atoms with Gasteiger partial charge in [-0.15, -0.1) is 0 Å². The molecule has 0 bridgehead atoms. The first-order valence-electron chi connectivity index (χ1n) is 29.2. The molecule has 1 amide bonds. The van der Waals surface area contributed by atoms with Crippen LogP contribution in [0.3, 0.4) is 0 Å². The van der Waals surface area contributed by atoms with Crippen molar-refractivity contribution in [3.8, 4) is 0 Å². The average Bonchev–Trinajstić information content (AvgIpc) is 3.35. The van der Waals surface area contributed by atoms with E-state index in [-0.39, 0.29) is 25.4 Å². The largest absolute Gasteiger partial charge is 0.756 e. The maximum absolute atomic E-state index is 13.5. The van der Waals surface area contributed by atoms with Crippen LogP contribution in [0.2, 0.25) is 0 Å². The zero-order valence-electron chi connectivity index (χ0n) is 47.5. The maximum atomic E-state index is 13.5. The van der Waals surface area contributed by atoms with Crippen molar-refractivity contribution >= 4 is 19.7 Å². The number of phosphoric acid groups is 1. The van der Waals surface area contributed by atoms with E-state index in [1.807, 2.05) is 33.3 Å². The summed E-state index contributed by atoms with van der Waals surface area (Å²) >= 11 is 0. The Labute approximate surface area is 449 Å². The van der Waals surface area contributed by atoms with Gasteiger partial charge in [0, 0.05) is 12.8 Å². The molecule has 73 heavy (non-hydrogen) atoms. The molecule has 0 saturated heterocycles. The van der Waals surface area contributed by atoms with Gasteiger partial charge in [-0.05, 0) is 102 Å². The molecule has 10 heteroatoms. The number of hydrogen-bond acceptors (Lipinski definition) is 7. The van der Waals surface area contributed by atoms with Crippen LogP contribution in [-0.2, 0) is 27.9 Å². The minimum Gasteiger partial charge on any atom is -0.756 e. The Kier molecular flexibility index (Phi) is 49.7. The third-order valence-electron chi connectivity index (χ3n) is 12.2. The summed E-state index contributed by atoms with van der Waals surface area (Å²) in [5.74, 6) is -0.658. The van der Waals surface area contributed by atoms with Crippen molar-refractivity contribution in [3.05, 3.63) is 109 Å². The highest BCUT2D eigenvalue weighted by Crippen LogP contribution is 2.38. The van der Waals surface area contributed by atoms with E-state index in [1.165, 1.54) is 83.5 Å². The van der Waals surface area contributed by atoms with Crippen molar-refractivity contribution in [1.29, 1.82) is 0 Å². The number of carbonyl (C=O) groups is 2. The molecule has 0 radical (unpaired) electrons. The predicted octanol–water partition coefficient (Wildman–Crippen LogP) is 17.1. The van der Waals surface area contributed by atoms with Crippen molar-refractivity contribution in [3.63, 3.8) is 0 Å². The quantitative estimate of drug-likeness (QED) is 0.0212. The normalized spacial score (nSPS) is 14.6. The molecule has 0 aliphatic carbocycles. The van der Waals surface area contributed by atoms with Crippen molar-refractivity contribution in [2.75, 3.05) is 40.9 Å². The third kappa shape index (κ3) is 53.3. The number of quaternary nitrogens is 1. The second-order valence-corrected chi connectivity index (χ2v) is 21.8. The summed E-state index contributed by atoms with van der Waals surface area (Å²) in [6.45, 7) is 6.63. The summed E-state index contributed by atoms with van der Waals surface area (Å²) in [6.07, 6.45) is 70.7. The summed E-state index contributed by atoms with van der Waals surface area (Å²) < 4.78 is 30.1. The van der Waals surface area contributed by atoms with E-state index in [4.69, 9.17) is 13.8 Å². The first-order chi connectivity index (χ1) is 35.4. The average molecular weight is 1040 g/mol. The van der Waals surface area contributed by atoms with Gasteiger partial charge in [-0.3, -0.25) is 14.2 Å². The van der Waals surface area contributed by atoms with Gasteiger partial charge >= 0.3 is 5.97 Å². The molecule has 3 unspecified atom stereocenters. The monoisotopic (exact) mass is 1040 g/mol. The van der Waals surface area contributed by atoms with Gasteiger partial charge in [0.15, 0.2) is 0 Å². The van der Waals surface area contributed by atoms with Crippen LogP contribution in [0.25, 0.3) is 0 Å². The molecule has 0 aliphatic rings. The van der Waals surface area contributed by atoms with Gasteiger partial charge in [-0.25, -0.2) is 0 Å². The molecule has 1 N–H and O–H groups in total. The molecule has 0 rings (SSSR count). The number of phosphoric ester groups is 1. The van der Waals surface area contributed by atoms with Crippen LogP contribution in [0.15, 0.2) is 109 Å². The standard InChI is InChI=1S/C63H109N2O7P/c1-7-10-13-16-19-22-25-27-28-29-30-31-32-33-34-35-36-38-40-43-46-49-52-55-62(66)64-60(59-71-73(68,69)70-58-57-65(4,5)6)61(54-51-48-45-42-39-24-21-18-15-12-9-3)72-63(67)56-53-50-47-44-41-37-26-23-20-17-14-11-8-2/h10,13,19,22,27-28,30-31,33-34,36-38,41,47,50-51,54,60-61H,7-9,11-12,14-18,20-21,23-26,29,32,35,39-40,42-46,48-49,52-53,55-59H2,1-6H3,(H-,64,66,68,69)/b13-10-,22-19-,28-27-,31-30-,34-33-,38-36-,41-37-,50-47+,54-51-. The third-order valence-corrected chi connectivity index (χ3v) is 13.2. The van der Waals surface area contributed by atoms with Crippen molar-refractivity contribution in [1.82, 2.24) is 5.32 Å². The van der Waals surface area contributed by atoms with Crippen molar-refractivity contribution in [2.45, 2.75) is 238 Å². The number of likely N-dealkylation sites (N-methyl/N-ethyl adjacent to an activating group) is 1. The fourth-order valence-corrected chi connectivity index (χ4v) is 8.42. The van der Waals surface area contributed by atoms with Crippen LogP contribution in [0.1, 0.15) is 226 Å². The maximum Gasteiger partial charge on any atom is 0.306 e. The second-order valence-electron chi connectivity index (χ2n) is 20.4. The highest BCUT2D eigenvalue weighted by atomic mass is 31.2. The Morgan fingerprint density at radius 1 is 0.493 bits per heavy atom. The van der Waals surface area contributed by atoms with Gasteiger partial charge in [0.25, 0.3) is 7.82 Å². The number of ether oxygens (including phenoxy) is 1. The molecular weight excluding hydrogens is 928 g/mol. The number of esters is 1. The summed E-state index contributed by atoms with van der Waals surface area (Å²) in [7, 11) is 1.12. The highest BCUT2D eigenvalue weighted by molar-refractivity contribution is 7.45. The van der Waals surface area contributed by atoms with E-state index in [0.717, 1.165) is 96.3 Å². The molecule has 0 heterocycles. The number of rotatable bonds is 51. The number of allylic oxidation sites excluding steroid dienone is 17. The number of amides is 1. The second kappa shape index (κ2) is 52.1. The topological polar surface area (TPSA) is 114 Å². The molecule has 9 nitrogen and oxygen atoms in total. The Balaban J connectivity index is 5.35. The van der Waals surface area contributed by atoms with Crippen LogP contribution < -0.4 is 10.2 Å². The summed E-state index contributed by atoms with van der Waals surface area (Å²) in [4.78, 5) is 39.8. The van der Waals surface area contributed by atoms with Crippen LogP contribution >= 0.6 is 7.82 Å². The van der Waals surface area contributed by atoms with Crippen LogP contribution in [0.5, 0.6) is 0 Å². The molecule has 0 aliphatic heterocycles. The molecule has 0 aromatic heterocycles. The van der Waals surface area contributed by atoms with Crippen molar-refractivity contribution in [2.24, 2.45) is 0 Å². The van der Waals surface area contributed by atoms with Gasteiger partial charge in [-0.1, -0.05) is 220 Å². The Bertz CT molecular complexity index is 1620. The molecule has 0 saturated carbocycles. The number of nitrogens with one attached hydrogen (secondary N) is 1. The van der Waals surface area contributed by atoms with E-state index in [9.17, 15) is 19.0 Å². The van der Waals surface area contributed by atoms with Crippen molar-refractivity contribution < 1.29 is 37.3 Å². The zero-order valence-corrected chi connectivity index (χ0v) is 48.4. The fourth-order valence-electron chi connectivity index (χ4n) is 7.69. The molecule has 0 aromatic rings. The lowest BCUT2D eigenvalue weighted by Crippen LogP contribution is -2.47. The Hall–Kier alpha value is -3.33. The fraction of sp³-hybridized carbons (Fsp3) is 0.683. The van der Waals surface area contributed by atoms with Crippen LogP contribution in [0, 0.1) is 0 Å². The zero-order chi connectivity index (χ0) is 53.6. The first kappa shape index (κ1) is 69.7. The van der Waals surface area contributed by atoms with Crippen LogP contribution in [-0.4, -0.2) is 69.4 Å². The van der Waals surface area contributed by atoms with E-state index >= 15 is 0 Å². The molecular formula is C63H109N2O7P. The van der Waals surface area contributed by atoms with E-state index in [1.54, 1.807) is 6.08 Å². The Morgan fingerprint density at radius 3 is 1.34 bits per heavy atom. The number of hydrogen-bond donors (Lipinski definition) is 1. The summed E-state index contributed by atoms with van der Waals surface area (Å²) in [5.41, 5.74) is 0. The summed E-state index contributed by atoms with van der Waals surface area (Å²) in [5, 5.41) is 2.99. The SMILES string of the molecule is CC/C=C\C/C=C\C/C=C\C/C=C\C/C=C\C/C=C\CCCCCCC(=O)NC(COP(=O)([O-])OCC[N+](C)(C)C)C(/C=C\CCCCCCCCCCC)OC(=O)CC/C=C/C/C=C\CCCCCCCC. The molecule has 3 atom stereocenters. The van der Waals surface area contributed by atoms with E-state index in [2.05, 4.69) is 117 Å². The molecule has 418 valence electrons. The van der Waals surface area contributed by atoms with E-state index in [0.29, 0.717) is 23.9 Å². The predicted molar refractivity (Wildman–Crippen MR) is 311 cm³/mol. The van der Waals surface area contributed by atoms with Gasteiger partial charge in [0.1, 0.15) is 19.3 Å². The lowest BCUT2D eigenvalue weighted by molar-refractivity contribution is -0.870. The van der Waals surface area contributed by atoms with Gasteiger partial charge in [0.2, 0.25) is 5.91 Å². The first-order valence-corrected chi connectivity index (χ1v) is 30.7. The molecule has 0 aromatic carbocycles. The lowest BCUT2D eigenvalue weighted by atomic mass is 10.1. The molecule has 0 fully saturated rings.